The van der Waals surface area contributed by atoms with E-state index in [0.717, 1.165) is 5.56 Å². The molecule has 0 radical (unpaired) electrons. The average molecular weight is 397 g/mol. The van der Waals surface area contributed by atoms with Gasteiger partial charge >= 0.3 is 0 Å². The van der Waals surface area contributed by atoms with Gasteiger partial charge in [0, 0.05) is 6.07 Å². The van der Waals surface area contributed by atoms with Crippen LogP contribution >= 0.6 is 0 Å². The maximum Gasteiger partial charge on any atom is 0.265 e. The summed E-state index contributed by atoms with van der Waals surface area (Å²) in [5.41, 5.74) is 1.41. The van der Waals surface area contributed by atoms with Crippen LogP contribution in [0.5, 0.6) is 11.5 Å². The summed E-state index contributed by atoms with van der Waals surface area (Å²) in [4.78, 5) is 0.172. The number of methoxy groups -OCH3 is 2. The lowest BCUT2D eigenvalue weighted by Gasteiger charge is -2.31. The van der Waals surface area contributed by atoms with Gasteiger partial charge in [-0.3, -0.25) is 4.31 Å². The van der Waals surface area contributed by atoms with E-state index in [9.17, 15) is 8.42 Å². The molecule has 0 spiro atoms. The summed E-state index contributed by atoms with van der Waals surface area (Å²) in [6.07, 6.45) is 0. The van der Waals surface area contributed by atoms with E-state index in [4.69, 9.17) is 9.47 Å². The van der Waals surface area contributed by atoms with Gasteiger partial charge in [0.15, 0.2) is 0 Å². The van der Waals surface area contributed by atoms with Crippen LogP contribution in [0.25, 0.3) is 0 Å². The van der Waals surface area contributed by atoms with Crippen molar-refractivity contribution in [2.24, 2.45) is 0 Å². The molecule has 0 heterocycles. The summed E-state index contributed by atoms with van der Waals surface area (Å²) in [7, 11) is -0.739. The molecule has 0 aliphatic rings. The van der Waals surface area contributed by atoms with Crippen LogP contribution in [-0.4, -0.2) is 22.6 Å². The number of nitrogens with zero attached hydrogens (tertiary/aromatic N) is 1. The third-order valence-corrected chi connectivity index (χ3v) is 6.43. The highest BCUT2D eigenvalue weighted by molar-refractivity contribution is 7.92. The molecular weight excluding hydrogens is 374 g/mol. The molecule has 5 nitrogen and oxygen atoms in total. The smallest absolute Gasteiger partial charge is 0.265 e. The third-order valence-electron chi connectivity index (χ3n) is 4.54. The van der Waals surface area contributed by atoms with Crippen molar-refractivity contribution in [2.45, 2.75) is 17.9 Å². The number of rotatable bonds is 7. The molecule has 0 saturated carbocycles. The Morgan fingerprint density at radius 1 is 0.786 bits per heavy atom. The van der Waals surface area contributed by atoms with E-state index in [1.165, 1.54) is 17.5 Å². The third kappa shape index (κ3) is 3.97. The predicted octanol–water partition coefficient (Wildman–Crippen LogP) is 4.66. The van der Waals surface area contributed by atoms with Crippen molar-refractivity contribution in [1.29, 1.82) is 0 Å². The van der Waals surface area contributed by atoms with Gasteiger partial charge in [-0.2, -0.15) is 0 Å². The first-order valence-electron chi connectivity index (χ1n) is 8.85. The van der Waals surface area contributed by atoms with Crippen molar-refractivity contribution in [1.82, 2.24) is 0 Å². The Kier molecular flexibility index (Phi) is 5.90. The van der Waals surface area contributed by atoms with E-state index < -0.39 is 16.1 Å². The maximum absolute atomic E-state index is 13.6. The van der Waals surface area contributed by atoms with Crippen LogP contribution in [-0.2, 0) is 10.0 Å². The number of hydrogen-bond acceptors (Lipinski definition) is 4. The largest absolute Gasteiger partial charge is 0.497 e. The fraction of sp³-hybridized carbons (Fsp3) is 0.182. The van der Waals surface area contributed by atoms with Gasteiger partial charge < -0.3 is 9.47 Å². The monoisotopic (exact) mass is 397 g/mol. The second kappa shape index (κ2) is 8.35. The fourth-order valence-electron chi connectivity index (χ4n) is 3.06. The Hall–Kier alpha value is -2.99. The summed E-state index contributed by atoms with van der Waals surface area (Å²) in [6, 6.07) is 22.5. The molecule has 1 unspecified atom stereocenters. The van der Waals surface area contributed by atoms with Crippen LogP contribution in [0.2, 0.25) is 0 Å². The summed E-state index contributed by atoms with van der Waals surface area (Å²) in [5.74, 6) is 1.17. The standard InChI is InChI=1S/C22H23NO4S/c1-17(18-9-7-12-20(15-18)26-2)23(19-10-5-4-6-11-19)28(24,25)22-14-8-13-21(16-22)27-3/h4-17H,1-3H3. The Morgan fingerprint density at radius 2 is 1.39 bits per heavy atom. The van der Waals surface area contributed by atoms with Crippen molar-refractivity contribution in [3.63, 3.8) is 0 Å². The van der Waals surface area contributed by atoms with Crippen molar-refractivity contribution in [3.8, 4) is 11.5 Å². The normalized spacial score (nSPS) is 12.2. The Balaban J connectivity index is 2.14. The minimum Gasteiger partial charge on any atom is -0.497 e. The van der Waals surface area contributed by atoms with Gasteiger partial charge in [0.1, 0.15) is 11.5 Å². The molecule has 0 aromatic heterocycles. The van der Waals surface area contributed by atoms with Crippen LogP contribution in [0.1, 0.15) is 18.5 Å². The summed E-state index contributed by atoms with van der Waals surface area (Å²) in [5, 5.41) is 0. The van der Waals surface area contributed by atoms with Gasteiger partial charge in [-0.25, -0.2) is 8.42 Å². The van der Waals surface area contributed by atoms with Gasteiger partial charge in [-0.05, 0) is 48.9 Å². The quantitative estimate of drug-likeness (QED) is 0.582. The second-order valence-corrected chi connectivity index (χ2v) is 8.08. The lowest BCUT2D eigenvalue weighted by atomic mass is 10.1. The van der Waals surface area contributed by atoms with Crippen molar-refractivity contribution in [2.75, 3.05) is 18.5 Å². The zero-order valence-electron chi connectivity index (χ0n) is 16.1. The van der Waals surface area contributed by atoms with Crippen LogP contribution in [0.4, 0.5) is 5.69 Å². The Morgan fingerprint density at radius 3 is 2.04 bits per heavy atom. The molecule has 146 valence electrons. The van der Waals surface area contributed by atoms with E-state index in [2.05, 4.69) is 0 Å². The minimum absolute atomic E-state index is 0.172. The van der Waals surface area contributed by atoms with Crippen LogP contribution < -0.4 is 13.8 Å². The lowest BCUT2D eigenvalue weighted by Crippen LogP contribution is -2.33. The van der Waals surface area contributed by atoms with Gasteiger partial charge in [-0.1, -0.05) is 36.4 Å². The van der Waals surface area contributed by atoms with Gasteiger partial charge in [0.25, 0.3) is 10.0 Å². The molecule has 0 amide bonds. The molecule has 3 rings (SSSR count). The molecule has 0 aliphatic heterocycles. The van der Waals surface area contributed by atoms with Crippen molar-refractivity contribution in [3.05, 3.63) is 84.4 Å². The van der Waals surface area contributed by atoms with Crippen LogP contribution in [0, 0.1) is 0 Å². The maximum atomic E-state index is 13.6. The van der Waals surface area contributed by atoms with Gasteiger partial charge in [0.05, 0.1) is 30.8 Å². The van der Waals surface area contributed by atoms with Crippen LogP contribution in [0.15, 0.2) is 83.8 Å². The van der Waals surface area contributed by atoms with Gasteiger partial charge in [0.2, 0.25) is 0 Å². The molecule has 0 aliphatic carbocycles. The lowest BCUT2D eigenvalue weighted by molar-refractivity contribution is 0.413. The molecule has 6 heteroatoms. The van der Waals surface area contributed by atoms with E-state index in [1.54, 1.807) is 37.4 Å². The Labute approximate surface area is 166 Å². The number of benzene rings is 3. The second-order valence-electron chi connectivity index (χ2n) is 6.27. The highest BCUT2D eigenvalue weighted by atomic mass is 32.2. The van der Waals surface area contributed by atoms with Gasteiger partial charge in [-0.15, -0.1) is 0 Å². The summed E-state index contributed by atoms with van der Waals surface area (Å²) in [6.45, 7) is 1.86. The fourth-order valence-corrected chi connectivity index (χ4v) is 4.74. The predicted molar refractivity (Wildman–Crippen MR) is 111 cm³/mol. The highest BCUT2D eigenvalue weighted by Gasteiger charge is 2.30. The molecule has 28 heavy (non-hydrogen) atoms. The molecule has 0 saturated heterocycles. The van der Waals surface area contributed by atoms with Crippen molar-refractivity contribution >= 4 is 15.7 Å². The average Bonchev–Trinajstić information content (AvgIpc) is 2.74. The first kappa shape index (κ1) is 19.8. The summed E-state index contributed by atoms with van der Waals surface area (Å²) >= 11 is 0. The molecular formula is C22H23NO4S. The number of hydrogen-bond donors (Lipinski definition) is 0. The zero-order valence-corrected chi connectivity index (χ0v) is 16.9. The number of sulfonamides is 1. The minimum atomic E-state index is -3.84. The SMILES string of the molecule is COc1cccc(C(C)N(c2ccccc2)S(=O)(=O)c2cccc(OC)c2)c1. The highest BCUT2D eigenvalue weighted by Crippen LogP contribution is 2.34. The number of para-hydroxylation sites is 1. The zero-order chi connectivity index (χ0) is 20.1. The first-order valence-corrected chi connectivity index (χ1v) is 10.3. The van der Waals surface area contributed by atoms with E-state index in [-0.39, 0.29) is 4.90 Å². The molecule has 1 atom stereocenters. The molecule has 0 bridgehead atoms. The Bertz CT molecular complexity index is 1040. The molecule has 0 fully saturated rings. The number of anilines is 1. The van der Waals surface area contributed by atoms with E-state index in [0.29, 0.717) is 17.2 Å². The van der Waals surface area contributed by atoms with E-state index >= 15 is 0 Å². The van der Waals surface area contributed by atoms with Crippen molar-refractivity contribution < 1.29 is 17.9 Å². The topological polar surface area (TPSA) is 55.8 Å². The summed E-state index contributed by atoms with van der Waals surface area (Å²) < 4.78 is 39.2. The number of ether oxygens (including phenoxy) is 2. The van der Waals surface area contributed by atoms with E-state index in [1.807, 2.05) is 49.4 Å². The molecule has 3 aromatic carbocycles. The molecule has 0 N–H and O–H groups in total. The molecule has 3 aromatic rings. The van der Waals surface area contributed by atoms with Crippen LogP contribution in [0.3, 0.4) is 0 Å². The first-order chi connectivity index (χ1) is 13.5.